The Morgan fingerprint density at radius 3 is 2.17 bits per heavy atom. The molecule has 1 unspecified atom stereocenters. The Morgan fingerprint density at radius 2 is 1.60 bits per heavy atom. The summed E-state index contributed by atoms with van der Waals surface area (Å²) in [5.74, 6) is 0.303. The lowest BCUT2D eigenvalue weighted by atomic mass is 9.82. The molecule has 0 bridgehead atoms. The SMILES string of the molecule is Cc1cc(=O)c2c(n1C)N(c1ccc(Cl)cc1)C(N)=C(C#N)C2c1ccc(Cl)cc1. The van der Waals surface area contributed by atoms with E-state index in [1.54, 1.807) is 35.2 Å². The van der Waals surface area contributed by atoms with Crippen molar-refractivity contribution in [3.05, 3.63) is 103 Å². The number of aromatic nitrogens is 1. The molecule has 0 fully saturated rings. The summed E-state index contributed by atoms with van der Waals surface area (Å²) >= 11 is 12.1. The van der Waals surface area contributed by atoms with Gasteiger partial charge in [0.1, 0.15) is 11.6 Å². The highest BCUT2D eigenvalue weighted by Crippen LogP contribution is 2.45. The number of pyridine rings is 1. The quantitative estimate of drug-likeness (QED) is 0.614. The van der Waals surface area contributed by atoms with Crippen LogP contribution in [0.1, 0.15) is 22.7 Å². The van der Waals surface area contributed by atoms with Crippen molar-refractivity contribution in [1.82, 2.24) is 4.57 Å². The minimum atomic E-state index is -0.592. The molecule has 3 aromatic rings. The zero-order valence-corrected chi connectivity index (χ0v) is 17.9. The molecule has 2 N–H and O–H groups in total. The van der Waals surface area contributed by atoms with E-state index in [1.165, 1.54) is 0 Å². The molecule has 2 heterocycles. The number of fused-ring (bicyclic) bond motifs is 1. The lowest BCUT2D eigenvalue weighted by Crippen LogP contribution is -2.37. The first-order valence-corrected chi connectivity index (χ1v) is 10.0. The number of aryl methyl sites for hydroxylation is 1. The van der Waals surface area contributed by atoms with E-state index in [2.05, 4.69) is 6.07 Å². The maximum Gasteiger partial charge on any atom is 0.188 e. The predicted octanol–water partition coefficient (Wildman–Crippen LogP) is 4.98. The molecule has 0 saturated carbocycles. The van der Waals surface area contributed by atoms with Crippen molar-refractivity contribution in [1.29, 1.82) is 5.26 Å². The number of nitrogens with two attached hydrogens (primary N) is 1. The van der Waals surface area contributed by atoms with Crippen molar-refractivity contribution in [3.8, 4) is 6.07 Å². The van der Waals surface area contributed by atoms with Crippen LogP contribution in [0.3, 0.4) is 0 Å². The highest BCUT2D eigenvalue weighted by molar-refractivity contribution is 6.30. The molecule has 0 spiro atoms. The highest BCUT2D eigenvalue weighted by atomic mass is 35.5. The van der Waals surface area contributed by atoms with Gasteiger partial charge in [-0.1, -0.05) is 35.3 Å². The number of nitrogens with zero attached hydrogens (tertiary/aromatic N) is 3. The molecular weight excluding hydrogens is 419 g/mol. The van der Waals surface area contributed by atoms with Gasteiger partial charge in [0.2, 0.25) is 0 Å². The van der Waals surface area contributed by atoms with Gasteiger partial charge in [-0.3, -0.25) is 9.69 Å². The predicted molar refractivity (Wildman–Crippen MR) is 120 cm³/mol. The van der Waals surface area contributed by atoms with Crippen LogP contribution in [0.4, 0.5) is 11.5 Å². The summed E-state index contributed by atoms with van der Waals surface area (Å²) in [5.41, 5.74) is 9.46. The summed E-state index contributed by atoms with van der Waals surface area (Å²) in [6.07, 6.45) is 0. The normalized spacial score (nSPS) is 15.7. The molecule has 1 aliphatic rings. The lowest BCUT2D eigenvalue weighted by Gasteiger charge is -2.37. The second kappa shape index (κ2) is 7.56. The van der Waals surface area contributed by atoms with Gasteiger partial charge in [0.25, 0.3) is 0 Å². The minimum Gasteiger partial charge on any atom is -0.384 e. The molecule has 2 aromatic carbocycles. The second-order valence-electron chi connectivity index (χ2n) is 7.15. The van der Waals surface area contributed by atoms with E-state index >= 15 is 0 Å². The van der Waals surface area contributed by atoms with E-state index in [0.29, 0.717) is 32.7 Å². The third-order valence-electron chi connectivity index (χ3n) is 5.41. The van der Waals surface area contributed by atoms with Crippen LogP contribution in [0.25, 0.3) is 0 Å². The van der Waals surface area contributed by atoms with Gasteiger partial charge in [-0.15, -0.1) is 0 Å². The van der Waals surface area contributed by atoms with Crippen LogP contribution in [0.5, 0.6) is 0 Å². The Kier molecular flexibility index (Phi) is 5.07. The topological polar surface area (TPSA) is 75.1 Å². The molecule has 0 saturated heterocycles. The van der Waals surface area contributed by atoms with E-state index in [4.69, 9.17) is 28.9 Å². The summed E-state index contributed by atoms with van der Waals surface area (Å²) in [4.78, 5) is 15.0. The molecule has 30 heavy (non-hydrogen) atoms. The van der Waals surface area contributed by atoms with E-state index in [1.807, 2.05) is 42.8 Å². The number of anilines is 2. The van der Waals surface area contributed by atoms with Crippen LogP contribution in [0, 0.1) is 18.3 Å². The number of allylic oxidation sites excluding steroid dienone is 1. The lowest BCUT2D eigenvalue weighted by molar-refractivity contribution is 0.773. The molecule has 4 rings (SSSR count). The molecule has 0 aliphatic carbocycles. The van der Waals surface area contributed by atoms with Gasteiger partial charge in [0, 0.05) is 34.5 Å². The molecule has 0 radical (unpaired) electrons. The van der Waals surface area contributed by atoms with Gasteiger partial charge in [0.05, 0.1) is 23.1 Å². The molecule has 1 aromatic heterocycles. The Balaban J connectivity index is 2.09. The van der Waals surface area contributed by atoms with Crippen molar-refractivity contribution < 1.29 is 0 Å². The highest BCUT2D eigenvalue weighted by Gasteiger charge is 2.37. The minimum absolute atomic E-state index is 0.153. The smallest absolute Gasteiger partial charge is 0.188 e. The third kappa shape index (κ3) is 3.15. The first-order valence-electron chi connectivity index (χ1n) is 9.25. The van der Waals surface area contributed by atoms with E-state index in [9.17, 15) is 10.1 Å². The van der Waals surface area contributed by atoms with Gasteiger partial charge >= 0.3 is 0 Å². The average Bonchev–Trinajstić information content (AvgIpc) is 2.72. The average molecular weight is 437 g/mol. The third-order valence-corrected chi connectivity index (χ3v) is 5.91. The number of hydrogen-bond donors (Lipinski definition) is 1. The summed E-state index contributed by atoms with van der Waals surface area (Å²) < 4.78 is 1.91. The van der Waals surface area contributed by atoms with Crippen molar-refractivity contribution in [2.24, 2.45) is 12.8 Å². The van der Waals surface area contributed by atoms with Gasteiger partial charge in [-0.25, -0.2) is 0 Å². The number of nitriles is 1. The molecule has 1 aliphatic heterocycles. The fraction of sp³-hybridized carbons (Fsp3) is 0.130. The van der Waals surface area contributed by atoms with Crippen molar-refractivity contribution in [2.45, 2.75) is 12.8 Å². The molecule has 7 heteroatoms. The van der Waals surface area contributed by atoms with Gasteiger partial charge in [-0.2, -0.15) is 5.26 Å². The molecule has 0 amide bonds. The summed E-state index contributed by atoms with van der Waals surface area (Å²) in [5, 5.41) is 11.2. The second-order valence-corrected chi connectivity index (χ2v) is 8.03. The van der Waals surface area contributed by atoms with Crippen molar-refractivity contribution in [2.75, 3.05) is 4.90 Å². The van der Waals surface area contributed by atoms with Crippen LogP contribution in [0.15, 0.2) is 70.8 Å². The molecule has 1 atom stereocenters. The summed E-state index contributed by atoms with van der Waals surface area (Å²) in [7, 11) is 1.88. The number of rotatable bonds is 2. The van der Waals surface area contributed by atoms with Gasteiger partial charge in [0.15, 0.2) is 5.43 Å². The molecule has 150 valence electrons. The number of halogens is 2. The molecular formula is C23H18Cl2N4O. The first kappa shape index (κ1) is 20.1. The Labute approximate surface area is 184 Å². The monoisotopic (exact) mass is 436 g/mol. The van der Waals surface area contributed by atoms with Crippen LogP contribution in [0.2, 0.25) is 10.0 Å². The van der Waals surface area contributed by atoms with E-state index in [-0.39, 0.29) is 11.2 Å². The van der Waals surface area contributed by atoms with Gasteiger partial charge in [-0.05, 0) is 48.9 Å². The maximum absolute atomic E-state index is 13.2. The largest absolute Gasteiger partial charge is 0.384 e. The van der Waals surface area contributed by atoms with Crippen LogP contribution >= 0.6 is 23.2 Å². The molecule has 5 nitrogen and oxygen atoms in total. The number of benzene rings is 2. The fourth-order valence-electron chi connectivity index (χ4n) is 3.85. The van der Waals surface area contributed by atoms with Crippen molar-refractivity contribution in [3.63, 3.8) is 0 Å². The van der Waals surface area contributed by atoms with Crippen LogP contribution in [-0.2, 0) is 7.05 Å². The van der Waals surface area contributed by atoms with E-state index in [0.717, 1.165) is 11.3 Å². The zero-order valence-electron chi connectivity index (χ0n) is 16.4. The maximum atomic E-state index is 13.2. The summed E-state index contributed by atoms with van der Waals surface area (Å²) in [6.45, 7) is 1.86. The van der Waals surface area contributed by atoms with Crippen molar-refractivity contribution >= 4 is 34.7 Å². The first-order chi connectivity index (χ1) is 14.3. The van der Waals surface area contributed by atoms with Gasteiger partial charge < -0.3 is 10.3 Å². The summed E-state index contributed by atoms with van der Waals surface area (Å²) in [6, 6.07) is 18.0. The fourth-order valence-corrected chi connectivity index (χ4v) is 4.10. The Bertz CT molecular complexity index is 1270. The number of hydrogen-bond acceptors (Lipinski definition) is 4. The van der Waals surface area contributed by atoms with Crippen LogP contribution in [-0.4, -0.2) is 4.57 Å². The zero-order chi connectivity index (χ0) is 21.6. The van der Waals surface area contributed by atoms with E-state index < -0.39 is 5.92 Å². The standard InChI is InChI=1S/C23H18Cl2N4O/c1-13-11-19(30)21-20(14-3-5-15(24)6-4-14)18(12-26)22(27)29(23(21)28(13)2)17-9-7-16(25)8-10-17/h3-11,20H,27H2,1-2H3. The Hall–Kier alpha value is -3.20. The van der Waals surface area contributed by atoms with Crippen LogP contribution < -0.4 is 16.1 Å². The Morgan fingerprint density at radius 1 is 1.03 bits per heavy atom.